The fourth-order valence-electron chi connectivity index (χ4n) is 0.807. The average molecular weight is 257 g/mol. The van der Waals surface area contributed by atoms with Crippen LogP contribution < -0.4 is 0 Å². The van der Waals surface area contributed by atoms with Gasteiger partial charge in [-0.15, -0.1) is 0 Å². The zero-order valence-corrected chi connectivity index (χ0v) is 8.83. The molecular weight excluding hydrogens is 254 g/mol. The molecule has 0 aromatic heterocycles. The minimum atomic E-state index is -3.98. The molecule has 1 rings (SSSR count). The first-order valence-corrected chi connectivity index (χ1v) is 5.95. The van der Waals surface area contributed by atoms with Crippen molar-refractivity contribution in [3.63, 3.8) is 0 Å². The van der Waals surface area contributed by atoms with Crippen LogP contribution in [-0.2, 0) is 9.05 Å². The van der Waals surface area contributed by atoms with Crippen molar-refractivity contribution in [2.45, 2.75) is 4.90 Å². The Morgan fingerprint density at radius 1 is 1.36 bits per heavy atom. The zero-order chi connectivity index (χ0) is 10.9. The maximum atomic E-state index is 12.9. The van der Waals surface area contributed by atoms with Crippen LogP contribution >= 0.6 is 22.3 Å². The van der Waals surface area contributed by atoms with Crippen LogP contribution in [0.5, 0.6) is 0 Å². The molecule has 0 aliphatic heterocycles. The van der Waals surface area contributed by atoms with Gasteiger partial charge in [0.15, 0.2) is 0 Å². The number of carbonyl (C=O) groups is 1. The Hall–Kier alpha value is -0.650. The molecule has 0 N–H and O–H groups in total. The Balaban J connectivity index is 3.42. The Morgan fingerprint density at radius 3 is 2.36 bits per heavy atom. The lowest BCUT2D eigenvalue weighted by Gasteiger charge is -1.99. The third-order valence-corrected chi connectivity index (χ3v) is 2.99. The van der Waals surface area contributed by atoms with Crippen molar-refractivity contribution in [2.75, 3.05) is 0 Å². The maximum Gasteiger partial charge on any atom is 0.261 e. The van der Waals surface area contributed by atoms with Crippen molar-refractivity contribution in [1.82, 2.24) is 0 Å². The summed E-state index contributed by atoms with van der Waals surface area (Å²) in [5.74, 6) is -0.894. The quantitative estimate of drug-likeness (QED) is 0.762. The molecular formula is C7H3Cl2FO3S. The van der Waals surface area contributed by atoms with E-state index in [2.05, 4.69) is 0 Å². The first-order valence-electron chi connectivity index (χ1n) is 3.26. The topological polar surface area (TPSA) is 51.2 Å². The normalized spacial score (nSPS) is 11.4. The summed E-state index contributed by atoms with van der Waals surface area (Å²) in [5.41, 5.74) is -0.520. The zero-order valence-electron chi connectivity index (χ0n) is 6.50. The highest BCUT2D eigenvalue weighted by Crippen LogP contribution is 2.19. The molecule has 0 fully saturated rings. The number of benzene rings is 1. The van der Waals surface area contributed by atoms with Crippen molar-refractivity contribution >= 4 is 36.6 Å². The predicted octanol–water partition coefficient (Wildman–Crippen LogP) is 2.13. The summed E-state index contributed by atoms with van der Waals surface area (Å²) in [5, 5.41) is -1.08. The number of rotatable bonds is 2. The molecule has 1 aromatic carbocycles. The van der Waals surface area contributed by atoms with Crippen molar-refractivity contribution in [2.24, 2.45) is 0 Å². The maximum absolute atomic E-state index is 12.9. The van der Waals surface area contributed by atoms with Gasteiger partial charge in [-0.1, -0.05) is 0 Å². The van der Waals surface area contributed by atoms with Crippen LogP contribution in [0.4, 0.5) is 4.39 Å². The molecule has 0 atom stereocenters. The van der Waals surface area contributed by atoms with E-state index >= 15 is 0 Å². The number of halogens is 3. The second-order valence-electron chi connectivity index (χ2n) is 2.35. The molecule has 0 unspecified atom stereocenters. The van der Waals surface area contributed by atoms with Gasteiger partial charge in [0.1, 0.15) is 5.82 Å². The van der Waals surface area contributed by atoms with E-state index in [-0.39, 0.29) is 4.90 Å². The van der Waals surface area contributed by atoms with Crippen molar-refractivity contribution in [3.05, 3.63) is 29.6 Å². The highest BCUT2D eigenvalue weighted by Gasteiger charge is 2.16. The summed E-state index contributed by atoms with van der Waals surface area (Å²) in [6, 6.07) is 2.54. The van der Waals surface area contributed by atoms with E-state index in [0.717, 1.165) is 18.2 Å². The molecule has 0 saturated carbocycles. The van der Waals surface area contributed by atoms with E-state index in [0.29, 0.717) is 0 Å². The lowest BCUT2D eigenvalue weighted by molar-refractivity contribution is 0.107. The smallest absolute Gasteiger partial charge is 0.261 e. The van der Waals surface area contributed by atoms with Crippen LogP contribution in [0.1, 0.15) is 10.4 Å². The molecule has 0 aliphatic carbocycles. The van der Waals surface area contributed by atoms with E-state index in [1.54, 1.807) is 0 Å². The monoisotopic (exact) mass is 256 g/mol. The molecule has 1 aromatic rings. The summed E-state index contributed by atoms with van der Waals surface area (Å²) in [7, 11) is 1.00. The van der Waals surface area contributed by atoms with Crippen LogP contribution in [0.15, 0.2) is 23.1 Å². The van der Waals surface area contributed by atoms with E-state index in [4.69, 9.17) is 22.3 Å². The summed E-state index contributed by atoms with van der Waals surface area (Å²) in [6.45, 7) is 0. The Morgan fingerprint density at radius 2 is 1.93 bits per heavy atom. The molecule has 0 radical (unpaired) electrons. The summed E-state index contributed by atoms with van der Waals surface area (Å²) in [4.78, 5) is 10.3. The van der Waals surface area contributed by atoms with Crippen LogP contribution in [0, 0.1) is 5.82 Å². The number of hydrogen-bond acceptors (Lipinski definition) is 3. The van der Waals surface area contributed by atoms with Gasteiger partial charge in [-0.05, 0) is 29.8 Å². The second kappa shape index (κ2) is 3.84. The van der Waals surface area contributed by atoms with Crippen LogP contribution in [-0.4, -0.2) is 13.7 Å². The van der Waals surface area contributed by atoms with Gasteiger partial charge in [0.2, 0.25) is 0 Å². The molecule has 0 heterocycles. The largest absolute Gasteiger partial charge is 0.275 e. The molecule has 76 valence electrons. The van der Waals surface area contributed by atoms with E-state index < -0.39 is 25.7 Å². The van der Waals surface area contributed by atoms with E-state index in [1.807, 2.05) is 0 Å². The standard InChI is InChI=1S/C7H3Cl2FO3S/c8-7(11)5-3-4(14(9,12)13)1-2-6(5)10/h1-3H. The molecule has 0 saturated heterocycles. The van der Waals surface area contributed by atoms with Crippen molar-refractivity contribution in [3.8, 4) is 0 Å². The highest BCUT2D eigenvalue weighted by molar-refractivity contribution is 8.13. The molecule has 7 heteroatoms. The second-order valence-corrected chi connectivity index (χ2v) is 5.26. The minimum absolute atomic E-state index is 0.371. The summed E-state index contributed by atoms with van der Waals surface area (Å²) < 4.78 is 34.5. The van der Waals surface area contributed by atoms with Crippen LogP contribution in [0.25, 0.3) is 0 Å². The van der Waals surface area contributed by atoms with Gasteiger partial charge in [0.05, 0.1) is 10.5 Å². The van der Waals surface area contributed by atoms with Gasteiger partial charge in [-0.25, -0.2) is 12.8 Å². The van der Waals surface area contributed by atoms with E-state index in [1.165, 1.54) is 0 Å². The Kier molecular flexibility index (Phi) is 3.14. The third-order valence-electron chi connectivity index (χ3n) is 1.43. The summed E-state index contributed by atoms with van der Waals surface area (Å²) in [6.07, 6.45) is 0. The van der Waals surface area contributed by atoms with Gasteiger partial charge in [-0.2, -0.15) is 0 Å². The minimum Gasteiger partial charge on any atom is -0.275 e. The molecule has 0 amide bonds. The van der Waals surface area contributed by atoms with Crippen molar-refractivity contribution < 1.29 is 17.6 Å². The molecule has 3 nitrogen and oxygen atoms in total. The third kappa shape index (κ3) is 2.43. The first kappa shape index (κ1) is 11.4. The Labute approximate surface area is 88.9 Å². The van der Waals surface area contributed by atoms with Gasteiger partial charge in [0, 0.05) is 10.7 Å². The average Bonchev–Trinajstić information content (AvgIpc) is 2.02. The van der Waals surface area contributed by atoms with Crippen molar-refractivity contribution in [1.29, 1.82) is 0 Å². The summed E-state index contributed by atoms with van der Waals surface area (Å²) >= 11 is 5.01. The molecule has 14 heavy (non-hydrogen) atoms. The van der Waals surface area contributed by atoms with Crippen LogP contribution in [0.3, 0.4) is 0 Å². The van der Waals surface area contributed by atoms with Crippen LogP contribution in [0.2, 0.25) is 0 Å². The van der Waals surface area contributed by atoms with Gasteiger partial charge < -0.3 is 0 Å². The van der Waals surface area contributed by atoms with Gasteiger partial charge in [0.25, 0.3) is 14.3 Å². The molecule has 0 bridgehead atoms. The molecule has 0 spiro atoms. The predicted molar refractivity (Wildman–Crippen MR) is 49.6 cm³/mol. The lowest BCUT2D eigenvalue weighted by Crippen LogP contribution is -1.98. The SMILES string of the molecule is O=C(Cl)c1cc(S(=O)(=O)Cl)ccc1F. The first-order chi connectivity index (χ1) is 6.32. The van der Waals surface area contributed by atoms with Gasteiger partial charge >= 0.3 is 0 Å². The Bertz CT molecular complexity index is 484. The number of hydrogen-bond donors (Lipinski definition) is 0. The molecule has 0 aliphatic rings. The lowest BCUT2D eigenvalue weighted by atomic mass is 10.2. The fourth-order valence-corrected chi connectivity index (χ4v) is 1.73. The fraction of sp³-hybridized carbons (Fsp3) is 0. The van der Waals surface area contributed by atoms with Gasteiger partial charge in [-0.3, -0.25) is 4.79 Å². The van der Waals surface area contributed by atoms with E-state index in [9.17, 15) is 17.6 Å². The highest BCUT2D eigenvalue weighted by atomic mass is 35.7. The number of carbonyl (C=O) groups excluding carboxylic acids is 1.